The lowest BCUT2D eigenvalue weighted by Gasteiger charge is -2.37. The van der Waals surface area contributed by atoms with Gasteiger partial charge in [-0.3, -0.25) is 4.79 Å². The second-order valence-corrected chi connectivity index (χ2v) is 7.93. The zero-order valence-corrected chi connectivity index (χ0v) is 16.7. The average molecular weight is 432 g/mol. The Bertz CT molecular complexity index is 994. The van der Waals surface area contributed by atoms with Crippen LogP contribution in [0.4, 0.5) is 18.9 Å². The van der Waals surface area contributed by atoms with Crippen LogP contribution >= 0.6 is 0 Å². The highest BCUT2D eigenvalue weighted by Gasteiger charge is 2.44. The van der Waals surface area contributed by atoms with E-state index in [1.807, 2.05) is 0 Å². The normalized spacial score (nSPS) is 16.9. The van der Waals surface area contributed by atoms with Crippen LogP contribution in [0.3, 0.4) is 0 Å². The van der Waals surface area contributed by atoms with Crippen molar-refractivity contribution in [2.45, 2.75) is 50.3 Å². The quantitative estimate of drug-likeness (QED) is 0.634. The number of hydrogen-bond acceptors (Lipinski definition) is 4. The lowest BCUT2D eigenvalue weighted by Crippen LogP contribution is -2.51. The number of anilines is 1. The highest BCUT2D eigenvalue weighted by molar-refractivity contribution is 5.97. The molecule has 1 saturated carbocycles. The van der Waals surface area contributed by atoms with Crippen molar-refractivity contribution in [1.29, 1.82) is 5.26 Å². The van der Waals surface area contributed by atoms with Gasteiger partial charge in [-0.25, -0.2) is 0 Å². The van der Waals surface area contributed by atoms with Crippen molar-refractivity contribution in [1.82, 2.24) is 0 Å². The molecule has 0 saturated heterocycles. The van der Waals surface area contributed by atoms with Gasteiger partial charge in [-0.05, 0) is 54.7 Å². The summed E-state index contributed by atoms with van der Waals surface area (Å²) in [6, 6.07) is 10.6. The minimum Gasteiger partial charge on any atom is -0.508 e. The number of nitriles is 1. The van der Waals surface area contributed by atoms with Crippen LogP contribution in [0.25, 0.3) is 0 Å². The monoisotopic (exact) mass is 432 g/mol. The number of hydrogen-bond donors (Lipinski definition) is 3. The lowest BCUT2D eigenvalue weighted by molar-refractivity contribution is -0.142. The molecule has 164 valence electrons. The molecule has 2 aromatic rings. The molecule has 0 spiro atoms. The Hall–Kier alpha value is -3.05. The molecule has 0 unspecified atom stereocenters. The van der Waals surface area contributed by atoms with E-state index in [1.54, 1.807) is 12.1 Å². The second-order valence-electron chi connectivity index (χ2n) is 7.93. The van der Waals surface area contributed by atoms with Gasteiger partial charge in [-0.15, -0.1) is 0 Å². The molecule has 5 nitrogen and oxygen atoms in total. The molecule has 1 amide bonds. The number of nitrogens with zero attached hydrogens (tertiary/aromatic N) is 1. The zero-order valence-electron chi connectivity index (χ0n) is 16.7. The Labute approximate surface area is 178 Å². The van der Waals surface area contributed by atoms with E-state index in [9.17, 15) is 28.2 Å². The number of phenolic OH excluding ortho intramolecular Hbond substituents is 1. The van der Waals surface area contributed by atoms with Crippen LogP contribution in [-0.2, 0) is 17.4 Å². The van der Waals surface area contributed by atoms with Gasteiger partial charge in [0.1, 0.15) is 11.4 Å². The fourth-order valence-electron chi connectivity index (χ4n) is 4.16. The average Bonchev–Trinajstić information content (AvgIpc) is 2.73. The largest absolute Gasteiger partial charge is 0.508 e. The molecule has 1 aliphatic carbocycles. The third kappa shape index (κ3) is 5.17. The topological polar surface area (TPSA) is 93.4 Å². The number of carbonyl (C=O) groups excluding carboxylic acids is 1. The number of rotatable bonds is 5. The van der Waals surface area contributed by atoms with Crippen LogP contribution in [0.15, 0.2) is 42.5 Å². The van der Waals surface area contributed by atoms with Gasteiger partial charge in [0.25, 0.3) is 5.91 Å². The number of amides is 1. The number of aromatic hydroxyl groups is 1. The number of nitrogens with one attached hydrogen (secondary N) is 1. The number of carbonyl (C=O) groups is 1. The van der Waals surface area contributed by atoms with Gasteiger partial charge >= 0.3 is 6.18 Å². The number of alkyl halides is 3. The standard InChI is InChI=1S/C23H23F3N2O3/c24-23(25,26)20-12-18(10-9-16(20)14-27)28-21(30)22(31,17-6-2-1-3-7-17)13-15-5-4-8-19(29)11-15/h4-5,8-12,17,29,31H,1-3,6-7,13H2,(H,28,30)/t22-/m1/s1. The summed E-state index contributed by atoms with van der Waals surface area (Å²) in [6.45, 7) is 0. The number of aliphatic hydroxyl groups is 1. The first-order valence-corrected chi connectivity index (χ1v) is 10.1. The Balaban J connectivity index is 1.92. The van der Waals surface area contributed by atoms with E-state index in [-0.39, 0.29) is 23.8 Å². The molecule has 1 fully saturated rings. The highest BCUT2D eigenvalue weighted by Crippen LogP contribution is 2.37. The molecule has 8 heteroatoms. The minimum absolute atomic E-state index is 0.00851. The molecule has 31 heavy (non-hydrogen) atoms. The Morgan fingerprint density at radius 3 is 2.45 bits per heavy atom. The van der Waals surface area contributed by atoms with E-state index in [0.717, 1.165) is 25.3 Å². The summed E-state index contributed by atoms with van der Waals surface area (Å²) in [7, 11) is 0. The second kappa shape index (κ2) is 8.98. The van der Waals surface area contributed by atoms with Crippen LogP contribution in [-0.4, -0.2) is 21.7 Å². The fraction of sp³-hybridized carbons (Fsp3) is 0.391. The predicted molar refractivity (Wildman–Crippen MR) is 108 cm³/mol. The number of benzene rings is 2. The molecule has 2 aromatic carbocycles. The van der Waals surface area contributed by atoms with Gasteiger partial charge in [-0.1, -0.05) is 31.4 Å². The molecule has 0 aromatic heterocycles. The summed E-state index contributed by atoms with van der Waals surface area (Å²) in [5, 5.41) is 32.6. The first-order valence-electron chi connectivity index (χ1n) is 10.1. The van der Waals surface area contributed by atoms with Crippen LogP contribution in [0.2, 0.25) is 0 Å². The number of phenols is 1. The van der Waals surface area contributed by atoms with Crippen LogP contribution in [0.1, 0.15) is 48.8 Å². The first-order chi connectivity index (χ1) is 14.6. The van der Waals surface area contributed by atoms with Gasteiger partial charge in [0.2, 0.25) is 0 Å². The van der Waals surface area contributed by atoms with E-state index >= 15 is 0 Å². The van der Waals surface area contributed by atoms with Crippen LogP contribution in [0.5, 0.6) is 5.75 Å². The summed E-state index contributed by atoms with van der Waals surface area (Å²) in [5.74, 6) is -1.18. The lowest BCUT2D eigenvalue weighted by atomic mass is 9.73. The fourth-order valence-corrected chi connectivity index (χ4v) is 4.16. The van der Waals surface area contributed by atoms with Gasteiger partial charge < -0.3 is 15.5 Å². The first kappa shape index (κ1) is 22.6. The molecule has 0 bridgehead atoms. The van der Waals surface area contributed by atoms with E-state index in [1.165, 1.54) is 24.3 Å². The maximum Gasteiger partial charge on any atom is 0.417 e. The van der Waals surface area contributed by atoms with Gasteiger partial charge in [0, 0.05) is 12.1 Å². The third-order valence-electron chi connectivity index (χ3n) is 5.76. The molecule has 0 radical (unpaired) electrons. The maximum absolute atomic E-state index is 13.3. The smallest absolute Gasteiger partial charge is 0.417 e. The van der Waals surface area contributed by atoms with E-state index in [4.69, 9.17) is 5.26 Å². The Kier molecular flexibility index (Phi) is 6.56. The molecule has 0 aliphatic heterocycles. The molecular weight excluding hydrogens is 409 g/mol. The summed E-state index contributed by atoms with van der Waals surface area (Å²) >= 11 is 0. The van der Waals surface area contributed by atoms with Crippen molar-refractivity contribution >= 4 is 11.6 Å². The number of halogens is 3. The Morgan fingerprint density at radius 1 is 1.13 bits per heavy atom. The molecule has 1 aliphatic rings. The summed E-state index contributed by atoms with van der Waals surface area (Å²) < 4.78 is 39.8. The van der Waals surface area contributed by atoms with Crippen LogP contribution in [0, 0.1) is 17.2 Å². The molecule has 0 heterocycles. The Morgan fingerprint density at radius 2 is 1.84 bits per heavy atom. The summed E-state index contributed by atoms with van der Waals surface area (Å²) in [6.07, 6.45) is -0.934. The minimum atomic E-state index is -4.76. The van der Waals surface area contributed by atoms with E-state index < -0.39 is 28.8 Å². The van der Waals surface area contributed by atoms with Crippen molar-refractivity contribution in [2.24, 2.45) is 5.92 Å². The SMILES string of the molecule is N#Cc1ccc(NC(=O)[C@@](O)(Cc2cccc(O)c2)C2CCCCC2)cc1C(F)(F)F. The predicted octanol–water partition coefficient (Wildman–Crippen LogP) is 4.78. The molecule has 3 N–H and O–H groups in total. The van der Waals surface area contributed by atoms with Crippen molar-refractivity contribution in [3.05, 3.63) is 59.2 Å². The van der Waals surface area contributed by atoms with Crippen molar-refractivity contribution in [2.75, 3.05) is 5.32 Å². The van der Waals surface area contributed by atoms with E-state index in [2.05, 4.69) is 5.32 Å². The van der Waals surface area contributed by atoms with Crippen LogP contribution < -0.4 is 5.32 Å². The summed E-state index contributed by atoms with van der Waals surface area (Å²) in [4.78, 5) is 13.2. The molecule has 1 atom stereocenters. The third-order valence-corrected chi connectivity index (χ3v) is 5.76. The van der Waals surface area contributed by atoms with Crippen molar-refractivity contribution in [3.63, 3.8) is 0 Å². The van der Waals surface area contributed by atoms with E-state index in [0.29, 0.717) is 24.5 Å². The summed E-state index contributed by atoms with van der Waals surface area (Å²) in [5.41, 5.74) is -3.17. The van der Waals surface area contributed by atoms with Gasteiger partial charge in [0.05, 0.1) is 17.2 Å². The van der Waals surface area contributed by atoms with Gasteiger partial charge in [0.15, 0.2) is 0 Å². The molecule has 3 rings (SSSR count). The van der Waals surface area contributed by atoms with Crippen molar-refractivity contribution in [3.8, 4) is 11.8 Å². The zero-order chi connectivity index (χ0) is 22.6. The highest BCUT2D eigenvalue weighted by atomic mass is 19.4. The molecular formula is C23H23F3N2O3. The van der Waals surface area contributed by atoms with Gasteiger partial charge in [-0.2, -0.15) is 18.4 Å². The van der Waals surface area contributed by atoms with Crippen molar-refractivity contribution < 1.29 is 28.2 Å². The maximum atomic E-state index is 13.3.